The second-order valence-corrected chi connectivity index (χ2v) is 6.16. The average Bonchev–Trinajstić information content (AvgIpc) is 2.54. The van der Waals surface area contributed by atoms with Crippen LogP contribution < -0.4 is 10.5 Å². The van der Waals surface area contributed by atoms with E-state index in [0.717, 1.165) is 18.6 Å². The predicted octanol–water partition coefficient (Wildman–Crippen LogP) is 4.27. The summed E-state index contributed by atoms with van der Waals surface area (Å²) in [6, 6.07) is 21.3. The molecule has 2 heteroatoms. The number of fused-ring (bicyclic) bond motifs is 1. The third-order valence-electron chi connectivity index (χ3n) is 4.24. The molecule has 0 radical (unpaired) electrons. The third kappa shape index (κ3) is 3.72. The Morgan fingerprint density at radius 1 is 0.957 bits per heavy atom. The highest BCUT2D eigenvalue weighted by atomic mass is 16.5. The van der Waals surface area contributed by atoms with E-state index in [2.05, 4.69) is 61.5 Å². The third-order valence-corrected chi connectivity index (χ3v) is 4.24. The molecule has 0 fully saturated rings. The lowest BCUT2D eigenvalue weighted by Gasteiger charge is -2.14. The monoisotopic (exact) mass is 305 g/mol. The van der Waals surface area contributed by atoms with E-state index in [-0.39, 0.29) is 6.04 Å². The summed E-state index contributed by atoms with van der Waals surface area (Å²) < 4.78 is 5.36. The Morgan fingerprint density at radius 3 is 2.57 bits per heavy atom. The van der Waals surface area contributed by atoms with Gasteiger partial charge in [0.1, 0.15) is 5.75 Å². The van der Waals surface area contributed by atoms with Crippen molar-refractivity contribution in [1.29, 1.82) is 0 Å². The van der Waals surface area contributed by atoms with Crippen molar-refractivity contribution in [2.75, 3.05) is 7.11 Å². The van der Waals surface area contributed by atoms with Gasteiger partial charge < -0.3 is 10.5 Å². The van der Waals surface area contributed by atoms with Crippen LogP contribution in [0.15, 0.2) is 60.7 Å². The van der Waals surface area contributed by atoms with Gasteiger partial charge in [-0.1, -0.05) is 54.1 Å². The van der Waals surface area contributed by atoms with Gasteiger partial charge in [-0.05, 0) is 53.8 Å². The standard InChI is InChI=1S/C21H23NO/c1-15-5-3-6-16(11-15)12-19(22)13-18-8-4-7-17-9-10-20(23-2)14-21(17)18/h3-11,14,19H,12-13,22H2,1-2H3. The molecule has 0 bridgehead atoms. The van der Waals surface area contributed by atoms with E-state index < -0.39 is 0 Å². The second kappa shape index (κ2) is 6.84. The van der Waals surface area contributed by atoms with Crippen LogP contribution in [0.4, 0.5) is 0 Å². The molecule has 0 aliphatic rings. The van der Waals surface area contributed by atoms with Crippen molar-refractivity contribution in [3.8, 4) is 5.75 Å². The van der Waals surface area contributed by atoms with Gasteiger partial charge in [-0.15, -0.1) is 0 Å². The van der Waals surface area contributed by atoms with Gasteiger partial charge in [-0.3, -0.25) is 0 Å². The quantitative estimate of drug-likeness (QED) is 0.764. The van der Waals surface area contributed by atoms with Crippen LogP contribution in [0.25, 0.3) is 10.8 Å². The number of benzene rings is 3. The van der Waals surface area contributed by atoms with Gasteiger partial charge in [0.2, 0.25) is 0 Å². The topological polar surface area (TPSA) is 35.2 Å². The minimum Gasteiger partial charge on any atom is -0.497 e. The maximum atomic E-state index is 6.42. The maximum absolute atomic E-state index is 6.42. The summed E-state index contributed by atoms with van der Waals surface area (Å²) >= 11 is 0. The molecule has 3 aromatic rings. The van der Waals surface area contributed by atoms with Crippen molar-refractivity contribution < 1.29 is 4.74 Å². The Balaban J connectivity index is 1.83. The molecule has 0 amide bonds. The maximum Gasteiger partial charge on any atom is 0.119 e. The molecule has 0 aliphatic heterocycles. The smallest absolute Gasteiger partial charge is 0.119 e. The highest BCUT2D eigenvalue weighted by Gasteiger charge is 2.09. The van der Waals surface area contributed by atoms with Gasteiger partial charge >= 0.3 is 0 Å². The van der Waals surface area contributed by atoms with E-state index in [1.807, 2.05) is 6.07 Å². The van der Waals surface area contributed by atoms with Gasteiger partial charge in [-0.2, -0.15) is 0 Å². The molecule has 1 atom stereocenters. The van der Waals surface area contributed by atoms with E-state index >= 15 is 0 Å². The zero-order valence-electron chi connectivity index (χ0n) is 13.8. The first kappa shape index (κ1) is 15.6. The zero-order valence-corrected chi connectivity index (χ0v) is 13.8. The molecule has 0 aliphatic carbocycles. The Labute approximate surface area is 137 Å². The van der Waals surface area contributed by atoms with Gasteiger partial charge in [0.05, 0.1) is 7.11 Å². The van der Waals surface area contributed by atoms with Crippen LogP contribution in [0.2, 0.25) is 0 Å². The molecule has 0 heterocycles. The largest absolute Gasteiger partial charge is 0.497 e. The van der Waals surface area contributed by atoms with E-state index in [1.54, 1.807) is 7.11 Å². The fraction of sp³-hybridized carbons (Fsp3) is 0.238. The van der Waals surface area contributed by atoms with Crippen LogP contribution in [0.5, 0.6) is 5.75 Å². The Kier molecular flexibility index (Phi) is 4.63. The van der Waals surface area contributed by atoms with Crippen LogP contribution in [0.3, 0.4) is 0 Å². The molecule has 0 aromatic heterocycles. The van der Waals surface area contributed by atoms with Crippen molar-refractivity contribution in [2.45, 2.75) is 25.8 Å². The van der Waals surface area contributed by atoms with E-state index in [9.17, 15) is 0 Å². The summed E-state index contributed by atoms with van der Waals surface area (Å²) in [4.78, 5) is 0. The number of nitrogens with two attached hydrogens (primary N) is 1. The zero-order chi connectivity index (χ0) is 16.2. The summed E-state index contributed by atoms with van der Waals surface area (Å²) in [5.74, 6) is 0.886. The molecule has 0 saturated heterocycles. The molecule has 0 saturated carbocycles. The summed E-state index contributed by atoms with van der Waals surface area (Å²) in [5.41, 5.74) is 10.3. The summed E-state index contributed by atoms with van der Waals surface area (Å²) in [5, 5.41) is 2.46. The fourth-order valence-corrected chi connectivity index (χ4v) is 3.12. The first-order valence-electron chi connectivity index (χ1n) is 8.02. The van der Waals surface area contributed by atoms with Crippen LogP contribution in [0.1, 0.15) is 16.7 Å². The molecule has 0 spiro atoms. The number of hydrogen-bond donors (Lipinski definition) is 1. The van der Waals surface area contributed by atoms with Crippen molar-refractivity contribution in [2.24, 2.45) is 5.73 Å². The predicted molar refractivity (Wildman–Crippen MR) is 97.1 cm³/mol. The van der Waals surface area contributed by atoms with Crippen molar-refractivity contribution in [3.63, 3.8) is 0 Å². The summed E-state index contributed by atoms with van der Waals surface area (Å²) in [7, 11) is 1.70. The highest BCUT2D eigenvalue weighted by Crippen LogP contribution is 2.25. The molecular formula is C21H23NO. The van der Waals surface area contributed by atoms with E-state index in [1.165, 1.54) is 27.5 Å². The SMILES string of the molecule is COc1ccc2cccc(CC(N)Cc3cccc(C)c3)c2c1. The van der Waals surface area contributed by atoms with Crippen LogP contribution in [0, 0.1) is 6.92 Å². The highest BCUT2D eigenvalue weighted by molar-refractivity contribution is 5.87. The fourth-order valence-electron chi connectivity index (χ4n) is 3.12. The Bertz CT molecular complexity index is 810. The van der Waals surface area contributed by atoms with Gasteiger partial charge in [0, 0.05) is 6.04 Å². The van der Waals surface area contributed by atoms with E-state index in [0.29, 0.717) is 0 Å². The number of rotatable bonds is 5. The Morgan fingerprint density at radius 2 is 1.78 bits per heavy atom. The summed E-state index contributed by atoms with van der Waals surface area (Å²) in [6.07, 6.45) is 1.75. The molecule has 23 heavy (non-hydrogen) atoms. The first-order valence-corrected chi connectivity index (χ1v) is 8.02. The number of aryl methyl sites for hydroxylation is 1. The molecule has 1 unspecified atom stereocenters. The van der Waals surface area contributed by atoms with Crippen LogP contribution in [-0.2, 0) is 12.8 Å². The van der Waals surface area contributed by atoms with Crippen molar-refractivity contribution >= 4 is 10.8 Å². The van der Waals surface area contributed by atoms with Gasteiger partial charge in [0.15, 0.2) is 0 Å². The number of hydrogen-bond acceptors (Lipinski definition) is 2. The normalized spacial score (nSPS) is 12.3. The van der Waals surface area contributed by atoms with Crippen molar-refractivity contribution in [1.82, 2.24) is 0 Å². The van der Waals surface area contributed by atoms with Crippen LogP contribution in [-0.4, -0.2) is 13.2 Å². The lowest BCUT2D eigenvalue weighted by Crippen LogP contribution is -2.25. The molecular weight excluding hydrogens is 282 g/mol. The minimum atomic E-state index is 0.105. The Hall–Kier alpha value is -2.32. The lowest BCUT2D eigenvalue weighted by atomic mass is 9.95. The first-order chi connectivity index (χ1) is 11.2. The van der Waals surface area contributed by atoms with Crippen LogP contribution >= 0.6 is 0 Å². The average molecular weight is 305 g/mol. The molecule has 2 nitrogen and oxygen atoms in total. The molecule has 2 N–H and O–H groups in total. The minimum absolute atomic E-state index is 0.105. The van der Waals surface area contributed by atoms with E-state index in [4.69, 9.17) is 10.5 Å². The summed E-state index contributed by atoms with van der Waals surface area (Å²) in [6.45, 7) is 2.12. The van der Waals surface area contributed by atoms with Crippen molar-refractivity contribution in [3.05, 3.63) is 77.4 Å². The van der Waals surface area contributed by atoms with Gasteiger partial charge in [0.25, 0.3) is 0 Å². The molecule has 3 aromatic carbocycles. The molecule has 3 rings (SSSR count). The second-order valence-electron chi connectivity index (χ2n) is 6.16. The molecule has 118 valence electrons. The number of ether oxygens (including phenoxy) is 1. The van der Waals surface area contributed by atoms with Gasteiger partial charge in [-0.25, -0.2) is 0 Å². The number of methoxy groups -OCH3 is 1. The lowest BCUT2D eigenvalue weighted by molar-refractivity contribution is 0.415.